The van der Waals surface area contributed by atoms with Crippen molar-refractivity contribution in [3.8, 4) is 11.5 Å². The summed E-state index contributed by atoms with van der Waals surface area (Å²) >= 11 is 0. The number of rotatable bonds is 3. The lowest BCUT2D eigenvalue weighted by molar-refractivity contribution is -0.117. The molecule has 0 bridgehead atoms. The first-order valence-corrected chi connectivity index (χ1v) is 9.35. The first-order valence-electron chi connectivity index (χ1n) is 9.35. The second-order valence-corrected chi connectivity index (χ2v) is 7.46. The molecule has 1 aromatic rings. The second kappa shape index (κ2) is 6.84. The highest BCUT2D eigenvalue weighted by atomic mass is 16.7. The molecule has 0 atom stereocenters. The van der Waals surface area contributed by atoms with Crippen molar-refractivity contribution in [3.63, 3.8) is 0 Å². The van der Waals surface area contributed by atoms with E-state index in [-0.39, 0.29) is 5.91 Å². The fraction of sp³-hybridized carbons (Fsp3) is 0.632. The van der Waals surface area contributed by atoms with Gasteiger partial charge in [-0.15, -0.1) is 0 Å². The Kier molecular flexibility index (Phi) is 4.56. The van der Waals surface area contributed by atoms with Crippen molar-refractivity contribution >= 4 is 11.6 Å². The van der Waals surface area contributed by atoms with Crippen LogP contribution in [0.4, 0.5) is 5.69 Å². The molecule has 2 heterocycles. The minimum Gasteiger partial charge on any atom is -0.448 e. The Bertz CT molecular complexity index is 635. The fourth-order valence-corrected chi connectivity index (χ4v) is 3.88. The Morgan fingerprint density at radius 1 is 1.08 bits per heavy atom. The molecular formula is C19H27N3O3. The third kappa shape index (κ3) is 3.75. The number of hydrogen-bond donors (Lipinski definition) is 1. The summed E-state index contributed by atoms with van der Waals surface area (Å²) in [5.41, 5.74) is 0.773. The van der Waals surface area contributed by atoms with Gasteiger partial charge in [-0.1, -0.05) is 6.42 Å². The Labute approximate surface area is 149 Å². The number of ether oxygens (including phenoxy) is 2. The zero-order valence-corrected chi connectivity index (χ0v) is 14.9. The van der Waals surface area contributed by atoms with Crippen molar-refractivity contribution in [2.24, 2.45) is 0 Å². The number of carbonyl (C=O) groups excluding carboxylic acids is 1. The molecule has 1 saturated carbocycles. The quantitative estimate of drug-likeness (QED) is 0.911. The normalized spacial score (nSPS) is 22.9. The molecule has 6 nitrogen and oxygen atoms in total. The van der Waals surface area contributed by atoms with Crippen molar-refractivity contribution in [2.45, 2.75) is 37.9 Å². The predicted molar refractivity (Wildman–Crippen MR) is 96.1 cm³/mol. The lowest BCUT2D eigenvalue weighted by Gasteiger charge is -2.31. The van der Waals surface area contributed by atoms with Gasteiger partial charge in [0, 0.05) is 50.8 Å². The molecule has 1 aromatic carbocycles. The predicted octanol–water partition coefficient (Wildman–Crippen LogP) is 2.30. The molecule has 1 N–H and O–H groups in total. The summed E-state index contributed by atoms with van der Waals surface area (Å²) in [6, 6.07) is 5.69. The van der Waals surface area contributed by atoms with Crippen molar-refractivity contribution in [1.29, 1.82) is 0 Å². The second-order valence-electron chi connectivity index (χ2n) is 7.46. The zero-order valence-electron chi connectivity index (χ0n) is 14.9. The number of anilines is 1. The van der Waals surface area contributed by atoms with E-state index < -0.39 is 5.79 Å². The van der Waals surface area contributed by atoms with Gasteiger partial charge >= 0.3 is 0 Å². The fourth-order valence-electron chi connectivity index (χ4n) is 3.88. The summed E-state index contributed by atoms with van der Waals surface area (Å²) in [7, 11) is 2.11. The molecule has 1 saturated heterocycles. The molecule has 0 radical (unpaired) electrons. The summed E-state index contributed by atoms with van der Waals surface area (Å²) in [6.45, 7) is 4.34. The summed E-state index contributed by atoms with van der Waals surface area (Å²) in [4.78, 5) is 16.8. The van der Waals surface area contributed by atoms with E-state index in [0.29, 0.717) is 6.54 Å². The van der Waals surface area contributed by atoms with Gasteiger partial charge in [-0.2, -0.15) is 0 Å². The van der Waals surface area contributed by atoms with Crippen LogP contribution in [0.2, 0.25) is 0 Å². The summed E-state index contributed by atoms with van der Waals surface area (Å²) < 4.78 is 12.2. The van der Waals surface area contributed by atoms with Gasteiger partial charge in [0.2, 0.25) is 5.91 Å². The molecule has 1 amide bonds. The lowest BCUT2D eigenvalue weighted by atomic mass is 9.94. The topological polar surface area (TPSA) is 54.0 Å². The van der Waals surface area contributed by atoms with Crippen LogP contribution in [0.3, 0.4) is 0 Å². The maximum atomic E-state index is 12.3. The molecular weight excluding hydrogens is 318 g/mol. The van der Waals surface area contributed by atoms with E-state index in [2.05, 4.69) is 22.2 Å². The van der Waals surface area contributed by atoms with Crippen molar-refractivity contribution < 1.29 is 14.3 Å². The highest BCUT2D eigenvalue weighted by Crippen LogP contribution is 2.46. The van der Waals surface area contributed by atoms with Crippen LogP contribution in [0.25, 0.3) is 0 Å². The Hall–Kier alpha value is -1.79. The number of nitrogens with zero attached hydrogens (tertiary/aromatic N) is 2. The Morgan fingerprint density at radius 2 is 1.80 bits per heavy atom. The lowest BCUT2D eigenvalue weighted by Crippen LogP contribution is -2.47. The summed E-state index contributed by atoms with van der Waals surface area (Å²) in [5.74, 6) is 1.09. The molecule has 6 heteroatoms. The third-order valence-corrected chi connectivity index (χ3v) is 5.40. The number of likely N-dealkylation sites (N-methyl/N-ethyl adjacent to an activating group) is 1. The molecule has 2 fully saturated rings. The molecule has 4 rings (SSSR count). The highest BCUT2D eigenvalue weighted by Gasteiger charge is 2.42. The van der Waals surface area contributed by atoms with Gasteiger partial charge in [-0.25, -0.2) is 0 Å². The average Bonchev–Trinajstić information content (AvgIpc) is 2.94. The molecule has 1 spiro atoms. The first kappa shape index (κ1) is 16.7. The molecule has 0 aromatic heterocycles. The van der Waals surface area contributed by atoms with E-state index in [4.69, 9.17) is 9.47 Å². The van der Waals surface area contributed by atoms with Crippen LogP contribution in [0.1, 0.15) is 32.1 Å². The Morgan fingerprint density at radius 3 is 2.56 bits per heavy atom. The van der Waals surface area contributed by atoms with E-state index in [9.17, 15) is 4.79 Å². The molecule has 0 unspecified atom stereocenters. The van der Waals surface area contributed by atoms with Crippen molar-refractivity contribution in [1.82, 2.24) is 9.80 Å². The maximum absolute atomic E-state index is 12.3. The van der Waals surface area contributed by atoms with Crippen LogP contribution >= 0.6 is 0 Å². The summed E-state index contributed by atoms with van der Waals surface area (Å²) in [6.07, 6.45) is 5.41. The van der Waals surface area contributed by atoms with Gasteiger partial charge in [0.05, 0.1) is 6.54 Å². The maximum Gasteiger partial charge on any atom is 0.251 e. The molecule has 2 aliphatic heterocycles. The number of nitrogens with one attached hydrogen (secondary N) is 1. The number of fused-ring (bicyclic) bond motifs is 1. The van der Waals surface area contributed by atoms with Crippen LogP contribution in [0.5, 0.6) is 11.5 Å². The first-order chi connectivity index (χ1) is 12.1. The largest absolute Gasteiger partial charge is 0.448 e. The zero-order chi connectivity index (χ0) is 17.3. The summed E-state index contributed by atoms with van der Waals surface area (Å²) in [5, 5.41) is 2.99. The average molecular weight is 345 g/mol. The number of benzene rings is 1. The third-order valence-electron chi connectivity index (χ3n) is 5.40. The minimum atomic E-state index is -0.469. The van der Waals surface area contributed by atoms with Crippen LogP contribution in [-0.2, 0) is 4.79 Å². The van der Waals surface area contributed by atoms with E-state index in [0.717, 1.165) is 69.0 Å². The van der Waals surface area contributed by atoms with Crippen LogP contribution in [-0.4, -0.2) is 61.3 Å². The van der Waals surface area contributed by atoms with Crippen molar-refractivity contribution in [3.05, 3.63) is 18.2 Å². The Balaban J connectivity index is 1.35. The van der Waals surface area contributed by atoms with Crippen LogP contribution in [0, 0.1) is 0 Å². The monoisotopic (exact) mass is 345 g/mol. The number of piperazine rings is 1. The van der Waals surface area contributed by atoms with E-state index >= 15 is 0 Å². The smallest absolute Gasteiger partial charge is 0.251 e. The van der Waals surface area contributed by atoms with E-state index in [1.54, 1.807) is 0 Å². The molecule has 25 heavy (non-hydrogen) atoms. The van der Waals surface area contributed by atoms with Gasteiger partial charge < -0.3 is 19.7 Å². The standard InChI is InChI=1S/C19H27N3O3/c1-21-9-11-22(12-10-21)14-18(23)20-15-5-6-16-17(13-15)25-19(24-16)7-3-2-4-8-19/h5-6,13H,2-4,7-12,14H2,1H3,(H,20,23). The molecule has 3 aliphatic rings. The highest BCUT2D eigenvalue weighted by molar-refractivity contribution is 5.92. The van der Waals surface area contributed by atoms with Gasteiger partial charge in [0.15, 0.2) is 11.5 Å². The van der Waals surface area contributed by atoms with E-state index in [1.807, 2.05) is 18.2 Å². The SMILES string of the molecule is CN1CCN(CC(=O)Nc2ccc3c(c2)OC2(CCCCC2)O3)CC1. The van der Waals surface area contributed by atoms with Gasteiger partial charge in [0.1, 0.15) is 0 Å². The molecule has 1 aliphatic carbocycles. The van der Waals surface area contributed by atoms with Gasteiger partial charge in [0.25, 0.3) is 5.79 Å². The van der Waals surface area contributed by atoms with Crippen LogP contribution < -0.4 is 14.8 Å². The minimum absolute atomic E-state index is 0.0239. The number of carbonyl (C=O) groups is 1. The van der Waals surface area contributed by atoms with Crippen LogP contribution in [0.15, 0.2) is 18.2 Å². The van der Waals surface area contributed by atoms with Crippen molar-refractivity contribution in [2.75, 3.05) is 45.1 Å². The molecule has 136 valence electrons. The number of hydrogen-bond acceptors (Lipinski definition) is 5. The van der Waals surface area contributed by atoms with Gasteiger partial charge in [-0.05, 0) is 32.0 Å². The number of amides is 1. The van der Waals surface area contributed by atoms with Gasteiger partial charge in [-0.3, -0.25) is 9.69 Å². The van der Waals surface area contributed by atoms with E-state index in [1.165, 1.54) is 6.42 Å².